The number of fused-ring (bicyclic) bond motifs is 1. The molecule has 102 valence electrons. The van der Waals surface area contributed by atoms with Gasteiger partial charge in [0.2, 0.25) is 0 Å². The summed E-state index contributed by atoms with van der Waals surface area (Å²) in [5, 5.41) is 3.72. The quantitative estimate of drug-likeness (QED) is 0.917. The normalized spacial score (nSPS) is 23.3. The molecule has 1 aliphatic heterocycles. The second-order valence-electron chi connectivity index (χ2n) is 5.41. The molecule has 1 fully saturated rings. The lowest BCUT2D eigenvalue weighted by molar-refractivity contribution is 0.324. The Balaban J connectivity index is 2.17. The smallest absolute Gasteiger partial charge is 0.130 e. The van der Waals surface area contributed by atoms with E-state index in [0.29, 0.717) is 0 Å². The molecule has 3 rings (SSSR count). The molecular weight excluding hydrogens is 236 g/mol. The molecule has 0 aromatic carbocycles. The Morgan fingerprint density at radius 2 is 2.32 bits per heavy atom. The van der Waals surface area contributed by atoms with Crippen molar-refractivity contribution in [3.05, 3.63) is 24.3 Å². The molecule has 0 amide bonds. The zero-order valence-electron chi connectivity index (χ0n) is 11.8. The van der Waals surface area contributed by atoms with Crippen molar-refractivity contribution >= 4 is 11.0 Å². The number of pyridine rings is 1. The monoisotopic (exact) mass is 258 g/mol. The third kappa shape index (κ3) is 1.94. The van der Waals surface area contributed by atoms with E-state index in [-0.39, 0.29) is 5.54 Å². The molecule has 0 spiro atoms. The molecule has 2 aromatic heterocycles. The van der Waals surface area contributed by atoms with E-state index in [4.69, 9.17) is 4.98 Å². The van der Waals surface area contributed by atoms with Crippen molar-refractivity contribution in [1.29, 1.82) is 0 Å². The number of nitrogens with zero attached hydrogens (tertiary/aromatic N) is 3. The standard InChI is InChI=1S/C15H22N4/c1-3-7-15(8-5-9-17-15)14-18-12-11-16-10-6-13(12)19(14)4-2/h6,10-11,17H,3-5,7-9H2,1-2H3. The van der Waals surface area contributed by atoms with Crippen molar-refractivity contribution in [2.45, 2.75) is 51.6 Å². The molecule has 1 N–H and O–H groups in total. The maximum absolute atomic E-state index is 4.89. The summed E-state index contributed by atoms with van der Waals surface area (Å²) in [6, 6.07) is 2.07. The van der Waals surface area contributed by atoms with Crippen LogP contribution < -0.4 is 5.32 Å². The van der Waals surface area contributed by atoms with Crippen molar-refractivity contribution in [3.8, 4) is 0 Å². The van der Waals surface area contributed by atoms with E-state index in [0.717, 1.165) is 25.0 Å². The molecule has 4 nitrogen and oxygen atoms in total. The number of imidazole rings is 1. The Morgan fingerprint density at radius 1 is 1.42 bits per heavy atom. The van der Waals surface area contributed by atoms with E-state index in [1.54, 1.807) is 0 Å². The molecular formula is C15H22N4. The van der Waals surface area contributed by atoms with Gasteiger partial charge in [0, 0.05) is 12.7 Å². The summed E-state index contributed by atoms with van der Waals surface area (Å²) in [6.45, 7) is 6.51. The van der Waals surface area contributed by atoms with E-state index in [1.807, 2.05) is 12.4 Å². The largest absolute Gasteiger partial charge is 0.327 e. The molecule has 0 bridgehead atoms. The van der Waals surface area contributed by atoms with Gasteiger partial charge in [0.15, 0.2) is 0 Å². The lowest BCUT2D eigenvalue weighted by atomic mass is 9.91. The lowest BCUT2D eigenvalue weighted by Crippen LogP contribution is -2.39. The Bertz CT molecular complexity index is 567. The van der Waals surface area contributed by atoms with Crippen molar-refractivity contribution in [2.24, 2.45) is 0 Å². The summed E-state index contributed by atoms with van der Waals surface area (Å²) in [5.74, 6) is 1.21. The molecule has 0 saturated carbocycles. The Morgan fingerprint density at radius 3 is 3.00 bits per heavy atom. The van der Waals surface area contributed by atoms with Crippen LogP contribution in [0.2, 0.25) is 0 Å². The topological polar surface area (TPSA) is 42.7 Å². The third-order valence-electron chi connectivity index (χ3n) is 4.22. The maximum atomic E-state index is 4.89. The highest BCUT2D eigenvalue weighted by Gasteiger charge is 2.38. The minimum Gasteiger partial charge on any atom is -0.327 e. The van der Waals surface area contributed by atoms with Gasteiger partial charge < -0.3 is 9.88 Å². The molecule has 1 atom stereocenters. The predicted octanol–water partition coefficient (Wildman–Crippen LogP) is 2.83. The van der Waals surface area contributed by atoms with Crippen molar-refractivity contribution in [1.82, 2.24) is 19.9 Å². The number of nitrogens with one attached hydrogen (secondary N) is 1. The molecule has 4 heteroatoms. The maximum Gasteiger partial charge on any atom is 0.130 e. The van der Waals surface area contributed by atoms with E-state index in [1.165, 1.54) is 30.6 Å². The van der Waals surface area contributed by atoms with E-state index < -0.39 is 0 Å². The summed E-state index contributed by atoms with van der Waals surface area (Å²) >= 11 is 0. The van der Waals surface area contributed by atoms with Crippen LogP contribution in [0.3, 0.4) is 0 Å². The fourth-order valence-corrected chi connectivity index (χ4v) is 3.42. The summed E-state index contributed by atoms with van der Waals surface area (Å²) in [5.41, 5.74) is 2.30. The number of hydrogen-bond acceptors (Lipinski definition) is 3. The molecule has 1 saturated heterocycles. The molecule has 1 aliphatic rings. The third-order valence-corrected chi connectivity index (χ3v) is 4.22. The zero-order chi connectivity index (χ0) is 13.3. The van der Waals surface area contributed by atoms with Crippen LogP contribution in [0.15, 0.2) is 18.5 Å². The van der Waals surface area contributed by atoms with E-state index in [9.17, 15) is 0 Å². The highest BCUT2D eigenvalue weighted by molar-refractivity contribution is 5.75. The first-order valence-corrected chi connectivity index (χ1v) is 7.36. The summed E-state index contributed by atoms with van der Waals surface area (Å²) < 4.78 is 2.35. The number of hydrogen-bond donors (Lipinski definition) is 1. The number of aromatic nitrogens is 3. The Labute approximate surface area is 114 Å². The SMILES string of the molecule is CCCC1(c2nc3cnccc3n2CC)CCCN1. The molecule has 1 unspecified atom stereocenters. The molecule has 0 aliphatic carbocycles. The fraction of sp³-hybridized carbons (Fsp3) is 0.600. The van der Waals surface area contributed by atoms with Gasteiger partial charge in [0.05, 0.1) is 17.3 Å². The van der Waals surface area contributed by atoms with Crippen molar-refractivity contribution in [2.75, 3.05) is 6.54 Å². The van der Waals surface area contributed by atoms with Crippen LogP contribution in [0.1, 0.15) is 45.4 Å². The summed E-state index contributed by atoms with van der Waals surface area (Å²) in [6.07, 6.45) is 8.50. The van der Waals surface area contributed by atoms with Gasteiger partial charge in [-0.15, -0.1) is 0 Å². The van der Waals surface area contributed by atoms with Crippen LogP contribution >= 0.6 is 0 Å². The number of rotatable bonds is 4. The van der Waals surface area contributed by atoms with Crippen LogP contribution in [0.5, 0.6) is 0 Å². The second-order valence-corrected chi connectivity index (χ2v) is 5.41. The first-order valence-electron chi connectivity index (χ1n) is 7.36. The van der Waals surface area contributed by atoms with Gasteiger partial charge in [0.25, 0.3) is 0 Å². The molecule has 0 radical (unpaired) electrons. The van der Waals surface area contributed by atoms with Gasteiger partial charge in [-0.2, -0.15) is 0 Å². The summed E-state index contributed by atoms with van der Waals surface area (Å²) in [4.78, 5) is 9.09. The highest BCUT2D eigenvalue weighted by Crippen LogP contribution is 2.36. The van der Waals surface area contributed by atoms with Gasteiger partial charge in [-0.3, -0.25) is 4.98 Å². The molecule has 3 heterocycles. The highest BCUT2D eigenvalue weighted by atomic mass is 15.2. The average molecular weight is 258 g/mol. The Kier molecular flexibility index (Phi) is 3.27. The first-order chi connectivity index (χ1) is 9.30. The fourth-order valence-electron chi connectivity index (χ4n) is 3.42. The lowest BCUT2D eigenvalue weighted by Gasteiger charge is -2.29. The Hall–Kier alpha value is -1.42. The first kappa shape index (κ1) is 12.6. The van der Waals surface area contributed by atoms with Gasteiger partial charge in [-0.1, -0.05) is 13.3 Å². The van der Waals surface area contributed by atoms with Gasteiger partial charge in [-0.05, 0) is 38.8 Å². The average Bonchev–Trinajstić information content (AvgIpc) is 3.03. The zero-order valence-corrected chi connectivity index (χ0v) is 11.8. The summed E-state index contributed by atoms with van der Waals surface area (Å²) in [7, 11) is 0. The minimum atomic E-state index is 0.0732. The van der Waals surface area contributed by atoms with Crippen LogP contribution in [-0.4, -0.2) is 21.1 Å². The van der Waals surface area contributed by atoms with Crippen LogP contribution in [-0.2, 0) is 12.1 Å². The van der Waals surface area contributed by atoms with Crippen molar-refractivity contribution < 1.29 is 0 Å². The van der Waals surface area contributed by atoms with Crippen LogP contribution in [0.25, 0.3) is 11.0 Å². The van der Waals surface area contributed by atoms with Gasteiger partial charge in [0.1, 0.15) is 11.3 Å². The molecule has 2 aromatic rings. The van der Waals surface area contributed by atoms with Crippen LogP contribution in [0, 0.1) is 0 Å². The van der Waals surface area contributed by atoms with E-state index in [2.05, 4.69) is 34.8 Å². The van der Waals surface area contributed by atoms with Gasteiger partial charge in [-0.25, -0.2) is 4.98 Å². The number of aryl methyl sites for hydroxylation is 1. The molecule has 19 heavy (non-hydrogen) atoms. The van der Waals surface area contributed by atoms with E-state index >= 15 is 0 Å². The predicted molar refractivity (Wildman–Crippen MR) is 77.0 cm³/mol. The van der Waals surface area contributed by atoms with Gasteiger partial charge >= 0.3 is 0 Å². The van der Waals surface area contributed by atoms with Crippen molar-refractivity contribution in [3.63, 3.8) is 0 Å². The minimum absolute atomic E-state index is 0.0732. The van der Waals surface area contributed by atoms with Crippen LogP contribution in [0.4, 0.5) is 0 Å². The second kappa shape index (κ2) is 4.93.